The van der Waals surface area contributed by atoms with Gasteiger partial charge in [0, 0.05) is 25.8 Å². The van der Waals surface area contributed by atoms with E-state index in [1.165, 1.54) is 19.8 Å². The Morgan fingerprint density at radius 3 is 2.11 bits per heavy atom. The number of hydrogen-bond donors (Lipinski definition) is 4. The number of carboxylic acids is 1. The van der Waals surface area contributed by atoms with Crippen LogP contribution in [0.15, 0.2) is 0 Å². The van der Waals surface area contributed by atoms with Crippen LogP contribution in [0.3, 0.4) is 0 Å². The lowest BCUT2D eigenvalue weighted by atomic mass is 10.3. The topological polar surface area (TPSA) is 69.6 Å². The minimum atomic E-state index is -1.06. The molecular formula is C10H18N2O3S3. The van der Waals surface area contributed by atoms with Gasteiger partial charge in [-0.3, -0.25) is 4.79 Å². The number of rotatable bonds is 3. The summed E-state index contributed by atoms with van der Waals surface area (Å²) in [6, 6.07) is -0.874. The third-order valence-corrected chi connectivity index (χ3v) is 3.14. The van der Waals surface area contributed by atoms with E-state index in [-0.39, 0.29) is 11.7 Å². The maximum Gasteiger partial charge on any atom is 0.327 e. The van der Waals surface area contributed by atoms with Crippen LogP contribution in [0.5, 0.6) is 0 Å². The lowest BCUT2D eigenvalue weighted by molar-refractivity contribution is -0.140. The minimum absolute atomic E-state index is 0.106. The molecule has 1 fully saturated rings. The Morgan fingerprint density at radius 1 is 1.44 bits per heavy atom. The van der Waals surface area contributed by atoms with Crippen molar-refractivity contribution < 1.29 is 14.7 Å². The number of aliphatic carboxylic acids is 1. The van der Waals surface area contributed by atoms with E-state index < -0.39 is 12.0 Å². The summed E-state index contributed by atoms with van der Waals surface area (Å²) in [7, 11) is 0. The van der Waals surface area contributed by atoms with E-state index in [2.05, 4.69) is 35.5 Å². The fourth-order valence-electron chi connectivity index (χ4n) is 1.34. The smallest absolute Gasteiger partial charge is 0.327 e. The summed E-state index contributed by atoms with van der Waals surface area (Å²) >= 11 is 12.6. The first-order valence-electron chi connectivity index (χ1n) is 5.47. The van der Waals surface area contributed by atoms with E-state index in [0.29, 0.717) is 0 Å². The number of hydrogen-bond acceptors (Lipinski definition) is 4. The summed E-state index contributed by atoms with van der Waals surface area (Å²) in [4.78, 5) is 22.6. The summed E-state index contributed by atoms with van der Waals surface area (Å²) in [5.41, 5.74) is 0. The Balaban J connectivity index is 0.000000327. The highest BCUT2D eigenvalue weighted by Crippen LogP contribution is 2.09. The number of carboxylic acid groups (broad SMARTS) is 1. The van der Waals surface area contributed by atoms with E-state index in [9.17, 15) is 9.59 Å². The zero-order valence-corrected chi connectivity index (χ0v) is 12.7. The summed E-state index contributed by atoms with van der Waals surface area (Å²) < 4.78 is 0.752. The van der Waals surface area contributed by atoms with Gasteiger partial charge in [-0.05, 0) is 12.8 Å². The molecule has 1 unspecified atom stereocenters. The molecule has 2 N–H and O–H groups in total. The molecule has 0 saturated carbocycles. The second-order valence-corrected chi connectivity index (χ2v) is 5.23. The first-order chi connectivity index (χ1) is 8.38. The van der Waals surface area contributed by atoms with E-state index in [1.807, 2.05) is 0 Å². The molecule has 0 radical (unpaired) electrons. The summed E-state index contributed by atoms with van der Waals surface area (Å²) in [6.07, 6.45) is 2.56. The first-order valence-corrected chi connectivity index (χ1v) is 6.96. The number of nitrogens with one attached hydrogen (secondary N) is 1. The first kappa shape index (κ1) is 17.5. The number of amides is 1. The molecule has 1 rings (SSSR count). The quantitative estimate of drug-likeness (QED) is 0.459. The highest BCUT2D eigenvalue weighted by molar-refractivity contribution is 8.10. The van der Waals surface area contributed by atoms with Crippen LogP contribution < -0.4 is 5.32 Å². The fraction of sp³-hybridized carbons (Fsp3) is 0.700. The lowest BCUT2D eigenvalue weighted by Crippen LogP contribution is -2.40. The van der Waals surface area contributed by atoms with Gasteiger partial charge < -0.3 is 15.3 Å². The number of carbonyl (C=O) groups is 2. The number of thiol groups is 2. The van der Waals surface area contributed by atoms with Gasteiger partial charge in [-0.1, -0.05) is 12.2 Å². The molecule has 18 heavy (non-hydrogen) atoms. The highest BCUT2D eigenvalue weighted by atomic mass is 32.1. The monoisotopic (exact) mass is 310 g/mol. The van der Waals surface area contributed by atoms with Crippen molar-refractivity contribution in [1.29, 1.82) is 0 Å². The molecule has 0 aromatic heterocycles. The van der Waals surface area contributed by atoms with E-state index in [0.717, 1.165) is 17.4 Å². The van der Waals surface area contributed by atoms with Crippen molar-refractivity contribution in [3.8, 4) is 0 Å². The number of nitrogens with zero attached hydrogens (tertiary/aromatic N) is 1. The SMILES string of the molecule is CC(=O)NC(CS)C(=O)O.S=C(S)N1CCCC1. The van der Waals surface area contributed by atoms with Crippen LogP contribution in [0.4, 0.5) is 0 Å². The molecule has 0 aliphatic carbocycles. The molecule has 0 aromatic rings. The molecule has 0 bridgehead atoms. The van der Waals surface area contributed by atoms with Gasteiger partial charge in [-0.25, -0.2) is 4.79 Å². The maximum atomic E-state index is 10.3. The van der Waals surface area contributed by atoms with Crippen molar-refractivity contribution in [1.82, 2.24) is 10.2 Å². The standard InChI is InChI=1S/C5H9NO3S.C5H9NS2/c1-3(7)6-4(2-10)5(8)9;7-5(8)6-3-1-2-4-6/h4,10H,2H2,1H3,(H,6,7)(H,8,9);1-4H2,(H,7,8). The number of carbonyl (C=O) groups excluding carboxylic acids is 1. The van der Waals surface area contributed by atoms with E-state index in [4.69, 9.17) is 17.3 Å². The van der Waals surface area contributed by atoms with Gasteiger partial charge in [-0.15, -0.1) is 12.6 Å². The molecule has 1 aliphatic rings. The average molecular weight is 310 g/mol. The summed E-state index contributed by atoms with van der Waals surface area (Å²) in [5.74, 6) is -1.32. The van der Waals surface area contributed by atoms with Crippen molar-refractivity contribution in [2.24, 2.45) is 0 Å². The van der Waals surface area contributed by atoms with Crippen LogP contribution in [-0.4, -0.2) is 51.1 Å². The molecule has 5 nitrogen and oxygen atoms in total. The van der Waals surface area contributed by atoms with Gasteiger partial charge in [-0.2, -0.15) is 12.6 Å². The Labute approximate surface area is 123 Å². The Morgan fingerprint density at radius 2 is 1.94 bits per heavy atom. The third kappa shape index (κ3) is 7.78. The van der Waals surface area contributed by atoms with Gasteiger partial charge in [0.15, 0.2) is 0 Å². The van der Waals surface area contributed by atoms with E-state index in [1.54, 1.807) is 0 Å². The Kier molecular flexibility index (Phi) is 9.21. The highest BCUT2D eigenvalue weighted by Gasteiger charge is 2.15. The Hall–Kier alpha value is -0.470. The predicted molar refractivity (Wildman–Crippen MR) is 81.5 cm³/mol. The van der Waals surface area contributed by atoms with Crippen LogP contribution >= 0.6 is 37.5 Å². The molecule has 1 aliphatic heterocycles. The largest absolute Gasteiger partial charge is 0.480 e. The maximum absolute atomic E-state index is 10.3. The third-order valence-electron chi connectivity index (χ3n) is 2.23. The van der Waals surface area contributed by atoms with Crippen LogP contribution in [0.2, 0.25) is 0 Å². The predicted octanol–water partition coefficient (Wildman–Crippen LogP) is 0.802. The fourth-order valence-corrected chi connectivity index (χ4v) is 1.97. The van der Waals surface area contributed by atoms with Crippen LogP contribution in [0.1, 0.15) is 19.8 Å². The van der Waals surface area contributed by atoms with Crippen molar-refractivity contribution in [2.75, 3.05) is 18.8 Å². The second-order valence-electron chi connectivity index (χ2n) is 3.75. The number of likely N-dealkylation sites (tertiary alicyclic amines) is 1. The van der Waals surface area contributed by atoms with Gasteiger partial charge in [0.1, 0.15) is 10.4 Å². The minimum Gasteiger partial charge on any atom is -0.480 e. The van der Waals surface area contributed by atoms with Crippen LogP contribution in [0.25, 0.3) is 0 Å². The normalized spacial score (nSPS) is 15.4. The van der Waals surface area contributed by atoms with Crippen LogP contribution in [0, 0.1) is 0 Å². The lowest BCUT2D eigenvalue weighted by Gasteiger charge is -2.12. The molecule has 1 amide bonds. The molecule has 104 valence electrons. The zero-order chi connectivity index (χ0) is 14.1. The van der Waals surface area contributed by atoms with Gasteiger partial charge in [0.2, 0.25) is 5.91 Å². The van der Waals surface area contributed by atoms with Crippen molar-refractivity contribution in [3.63, 3.8) is 0 Å². The van der Waals surface area contributed by atoms with Crippen molar-refractivity contribution in [3.05, 3.63) is 0 Å². The molecule has 1 saturated heterocycles. The van der Waals surface area contributed by atoms with Gasteiger partial charge >= 0.3 is 5.97 Å². The second kappa shape index (κ2) is 9.46. The van der Waals surface area contributed by atoms with Crippen molar-refractivity contribution in [2.45, 2.75) is 25.8 Å². The summed E-state index contributed by atoms with van der Waals surface area (Å²) in [6.45, 7) is 3.49. The molecule has 1 atom stereocenters. The van der Waals surface area contributed by atoms with E-state index >= 15 is 0 Å². The molecule has 0 spiro atoms. The van der Waals surface area contributed by atoms with Gasteiger partial charge in [0.05, 0.1) is 0 Å². The number of thiocarbonyl (C=S) groups is 1. The van der Waals surface area contributed by atoms with Gasteiger partial charge in [0.25, 0.3) is 0 Å². The molecule has 1 heterocycles. The summed E-state index contributed by atoms with van der Waals surface area (Å²) in [5, 5.41) is 10.6. The molecular weight excluding hydrogens is 292 g/mol. The molecule has 0 aromatic carbocycles. The Bertz CT molecular complexity index is 307. The van der Waals surface area contributed by atoms with Crippen molar-refractivity contribution >= 4 is 53.7 Å². The molecule has 8 heteroatoms. The average Bonchev–Trinajstić information content (AvgIpc) is 2.79. The zero-order valence-electron chi connectivity index (χ0n) is 10.1. The van der Waals surface area contributed by atoms with Crippen LogP contribution in [-0.2, 0) is 9.59 Å².